The molecule has 0 aliphatic rings. The second-order valence-electron chi connectivity index (χ2n) is 3.32. The van der Waals surface area contributed by atoms with E-state index in [9.17, 15) is 0 Å². The van der Waals surface area contributed by atoms with Crippen LogP contribution in [0.5, 0.6) is 0 Å². The molecule has 0 spiro atoms. The Bertz CT molecular complexity index is 96.7. The minimum atomic E-state index is 0.176. The van der Waals surface area contributed by atoms with E-state index < -0.39 is 0 Å². The number of hydrogen-bond donors (Lipinski definition) is 1. The predicted molar refractivity (Wildman–Crippen MR) is 50.2 cm³/mol. The van der Waals surface area contributed by atoms with Crippen LogP contribution in [0.25, 0.3) is 0 Å². The van der Waals surface area contributed by atoms with Crippen LogP contribution in [-0.2, 0) is 9.47 Å². The SMILES string of the molecule is COC(C)CC(N)CC(C)OC. The van der Waals surface area contributed by atoms with Gasteiger partial charge in [-0.25, -0.2) is 0 Å². The van der Waals surface area contributed by atoms with Gasteiger partial charge in [-0.05, 0) is 26.7 Å². The van der Waals surface area contributed by atoms with Gasteiger partial charge in [0.05, 0.1) is 12.2 Å². The van der Waals surface area contributed by atoms with E-state index >= 15 is 0 Å². The molecule has 0 saturated carbocycles. The summed E-state index contributed by atoms with van der Waals surface area (Å²) < 4.78 is 10.2. The van der Waals surface area contributed by atoms with E-state index in [0.29, 0.717) is 0 Å². The largest absolute Gasteiger partial charge is 0.382 e. The first-order valence-electron chi connectivity index (χ1n) is 4.41. The molecule has 0 rings (SSSR count). The fourth-order valence-electron chi connectivity index (χ4n) is 1.14. The fourth-order valence-corrected chi connectivity index (χ4v) is 1.14. The van der Waals surface area contributed by atoms with Crippen LogP contribution < -0.4 is 5.73 Å². The smallest absolute Gasteiger partial charge is 0.0558 e. The monoisotopic (exact) mass is 175 g/mol. The average molecular weight is 175 g/mol. The van der Waals surface area contributed by atoms with Crippen LogP contribution >= 0.6 is 0 Å². The zero-order valence-electron chi connectivity index (χ0n) is 8.54. The van der Waals surface area contributed by atoms with Crippen LogP contribution in [0.4, 0.5) is 0 Å². The second kappa shape index (κ2) is 6.40. The molecule has 0 aliphatic carbocycles. The van der Waals surface area contributed by atoms with Gasteiger partial charge in [0.1, 0.15) is 0 Å². The lowest BCUT2D eigenvalue weighted by Gasteiger charge is -2.18. The molecule has 0 aromatic carbocycles. The summed E-state index contributed by atoms with van der Waals surface area (Å²) in [5.41, 5.74) is 5.87. The van der Waals surface area contributed by atoms with Crippen LogP contribution in [0.1, 0.15) is 26.7 Å². The van der Waals surface area contributed by atoms with Gasteiger partial charge in [0.15, 0.2) is 0 Å². The first-order valence-corrected chi connectivity index (χ1v) is 4.41. The van der Waals surface area contributed by atoms with Gasteiger partial charge in [-0.2, -0.15) is 0 Å². The van der Waals surface area contributed by atoms with Gasteiger partial charge in [0.25, 0.3) is 0 Å². The molecule has 0 radical (unpaired) electrons. The molecule has 74 valence electrons. The summed E-state index contributed by atoms with van der Waals surface area (Å²) in [7, 11) is 3.41. The lowest BCUT2D eigenvalue weighted by molar-refractivity contribution is 0.0792. The van der Waals surface area contributed by atoms with Crippen molar-refractivity contribution in [2.45, 2.75) is 44.9 Å². The van der Waals surface area contributed by atoms with Gasteiger partial charge in [-0.3, -0.25) is 0 Å². The van der Waals surface area contributed by atoms with E-state index in [4.69, 9.17) is 15.2 Å². The normalized spacial score (nSPS) is 18.8. The van der Waals surface area contributed by atoms with Gasteiger partial charge >= 0.3 is 0 Å². The van der Waals surface area contributed by atoms with Crippen LogP contribution in [0, 0.1) is 0 Å². The number of ether oxygens (including phenoxy) is 2. The number of rotatable bonds is 6. The third kappa shape index (κ3) is 5.52. The molecule has 0 aromatic rings. The highest BCUT2D eigenvalue weighted by Crippen LogP contribution is 2.06. The van der Waals surface area contributed by atoms with Crippen molar-refractivity contribution in [3.63, 3.8) is 0 Å². The lowest BCUT2D eigenvalue weighted by atomic mass is 10.1. The summed E-state index contributed by atoms with van der Waals surface area (Å²) in [6.45, 7) is 4.05. The zero-order valence-corrected chi connectivity index (χ0v) is 8.54. The standard InChI is InChI=1S/C9H21NO2/c1-7(11-3)5-9(10)6-8(2)12-4/h7-9H,5-6,10H2,1-4H3. The second-order valence-corrected chi connectivity index (χ2v) is 3.32. The maximum atomic E-state index is 5.87. The van der Waals surface area contributed by atoms with Crippen molar-refractivity contribution < 1.29 is 9.47 Å². The van der Waals surface area contributed by atoms with E-state index in [1.54, 1.807) is 14.2 Å². The Kier molecular flexibility index (Phi) is 6.34. The molecule has 0 saturated heterocycles. The zero-order chi connectivity index (χ0) is 9.56. The molecule has 12 heavy (non-hydrogen) atoms. The summed E-state index contributed by atoms with van der Waals surface area (Å²) >= 11 is 0. The molecule has 0 heterocycles. The van der Waals surface area contributed by atoms with E-state index in [1.807, 2.05) is 13.8 Å². The Balaban J connectivity index is 3.51. The fraction of sp³-hybridized carbons (Fsp3) is 1.00. The van der Waals surface area contributed by atoms with Crippen molar-refractivity contribution >= 4 is 0 Å². The van der Waals surface area contributed by atoms with Gasteiger partial charge < -0.3 is 15.2 Å². The number of nitrogens with two attached hydrogens (primary N) is 1. The lowest BCUT2D eigenvalue weighted by Crippen LogP contribution is -2.29. The van der Waals surface area contributed by atoms with Crippen LogP contribution in [0.15, 0.2) is 0 Å². The first-order chi connectivity index (χ1) is 5.60. The molecule has 0 fully saturated rings. The summed E-state index contributed by atoms with van der Waals surface area (Å²) in [5, 5.41) is 0. The molecule has 2 N–H and O–H groups in total. The molecule has 3 nitrogen and oxygen atoms in total. The van der Waals surface area contributed by atoms with Crippen molar-refractivity contribution in [2.24, 2.45) is 5.73 Å². The highest BCUT2D eigenvalue weighted by atomic mass is 16.5. The third-order valence-electron chi connectivity index (χ3n) is 2.07. The molecular formula is C9H21NO2. The van der Waals surface area contributed by atoms with Crippen molar-refractivity contribution in [2.75, 3.05) is 14.2 Å². The molecule has 2 unspecified atom stereocenters. The minimum Gasteiger partial charge on any atom is -0.382 e. The average Bonchev–Trinajstić information content (AvgIpc) is 2.03. The van der Waals surface area contributed by atoms with Crippen LogP contribution in [-0.4, -0.2) is 32.5 Å². The maximum absolute atomic E-state index is 5.87. The van der Waals surface area contributed by atoms with Gasteiger partial charge in [0, 0.05) is 20.3 Å². The molecular weight excluding hydrogens is 154 g/mol. The topological polar surface area (TPSA) is 44.5 Å². The Morgan fingerprint density at radius 1 is 1.00 bits per heavy atom. The van der Waals surface area contributed by atoms with Crippen molar-refractivity contribution in [3.8, 4) is 0 Å². The summed E-state index contributed by atoms with van der Waals surface area (Å²) in [5.74, 6) is 0. The molecule has 0 amide bonds. The maximum Gasteiger partial charge on any atom is 0.0558 e. The Hall–Kier alpha value is -0.120. The third-order valence-corrected chi connectivity index (χ3v) is 2.07. The van der Waals surface area contributed by atoms with Crippen molar-refractivity contribution in [1.29, 1.82) is 0 Å². The summed E-state index contributed by atoms with van der Waals surface area (Å²) in [4.78, 5) is 0. The molecule has 0 aromatic heterocycles. The molecule has 0 aliphatic heterocycles. The summed E-state index contributed by atoms with van der Waals surface area (Å²) in [6.07, 6.45) is 2.27. The highest BCUT2D eigenvalue weighted by molar-refractivity contribution is 4.68. The van der Waals surface area contributed by atoms with Crippen molar-refractivity contribution in [3.05, 3.63) is 0 Å². The van der Waals surface area contributed by atoms with Crippen LogP contribution in [0.2, 0.25) is 0 Å². The van der Waals surface area contributed by atoms with Gasteiger partial charge in [0.2, 0.25) is 0 Å². The Morgan fingerprint density at radius 3 is 1.58 bits per heavy atom. The van der Waals surface area contributed by atoms with Gasteiger partial charge in [-0.1, -0.05) is 0 Å². The van der Waals surface area contributed by atoms with Crippen molar-refractivity contribution in [1.82, 2.24) is 0 Å². The molecule has 0 bridgehead atoms. The Morgan fingerprint density at radius 2 is 1.33 bits per heavy atom. The van der Waals surface area contributed by atoms with Gasteiger partial charge in [-0.15, -0.1) is 0 Å². The van der Waals surface area contributed by atoms with E-state index in [-0.39, 0.29) is 18.2 Å². The van der Waals surface area contributed by atoms with E-state index in [0.717, 1.165) is 12.8 Å². The van der Waals surface area contributed by atoms with E-state index in [2.05, 4.69) is 0 Å². The summed E-state index contributed by atoms with van der Waals surface area (Å²) in [6, 6.07) is 0.176. The number of hydrogen-bond acceptors (Lipinski definition) is 3. The highest BCUT2D eigenvalue weighted by Gasteiger charge is 2.11. The number of methoxy groups -OCH3 is 2. The Labute approximate surface area is 75.2 Å². The molecule has 3 heteroatoms. The van der Waals surface area contributed by atoms with Crippen LogP contribution in [0.3, 0.4) is 0 Å². The van der Waals surface area contributed by atoms with E-state index in [1.165, 1.54) is 0 Å². The predicted octanol–water partition coefficient (Wildman–Crippen LogP) is 1.16. The molecule has 2 atom stereocenters. The first kappa shape index (κ1) is 11.9. The minimum absolute atomic E-state index is 0.176. The quantitative estimate of drug-likeness (QED) is 0.659.